The van der Waals surface area contributed by atoms with Crippen LogP contribution in [0.2, 0.25) is 0 Å². The third kappa shape index (κ3) is 2.27. The number of ketones is 1. The largest absolute Gasteiger partial charge is 0.316 e. The summed E-state index contributed by atoms with van der Waals surface area (Å²) in [5.41, 5.74) is 1.82. The van der Waals surface area contributed by atoms with Crippen LogP contribution in [0.15, 0.2) is 24.3 Å². The molecule has 1 fully saturated rings. The third-order valence-electron chi connectivity index (χ3n) is 4.02. The molecule has 0 aliphatic carbocycles. The maximum absolute atomic E-state index is 12.7. The number of Topliss-reactive ketones (excluding diaryl/α,β-unsaturated/α-hetero) is 1. The molecule has 1 aromatic rings. The molecule has 0 bridgehead atoms. The molecule has 1 aliphatic rings. The molecule has 1 heterocycles. The average Bonchev–Trinajstić information content (AvgIpc) is 2.39. The topological polar surface area (TPSA) is 29.1 Å². The molecule has 2 heteroatoms. The first-order chi connectivity index (χ1) is 8.19. The van der Waals surface area contributed by atoms with E-state index in [2.05, 4.69) is 12.2 Å². The molecule has 1 aliphatic heterocycles. The Morgan fingerprint density at radius 1 is 1.41 bits per heavy atom. The SMILES string of the molecule is CCC1(C(=O)c2ccccc2C)CCCNC1. The van der Waals surface area contributed by atoms with Crippen LogP contribution in [0.5, 0.6) is 0 Å². The van der Waals surface area contributed by atoms with Crippen LogP contribution in [0, 0.1) is 12.3 Å². The Labute approximate surface area is 103 Å². The van der Waals surface area contributed by atoms with Crippen LogP contribution >= 0.6 is 0 Å². The Hall–Kier alpha value is -1.15. The molecule has 0 spiro atoms. The number of hydrogen-bond donors (Lipinski definition) is 1. The molecule has 0 aromatic heterocycles. The zero-order chi connectivity index (χ0) is 12.3. The summed E-state index contributed by atoms with van der Waals surface area (Å²) in [5.74, 6) is 0.324. The number of nitrogens with one attached hydrogen (secondary N) is 1. The third-order valence-corrected chi connectivity index (χ3v) is 4.02. The second kappa shape index (κ2) is 5.01. The molecule has 0 amide bonds. The molecular formula is C15H21NO. The van der Waals surface area contributed by atoms with Crippen LogP contribution in [-0.2, 0) is 0 Å². The molecule has 92 valence electrons. The van der Waals surface area contributed by atoms with Crippen molar-refractivity contribution in [3.63, 3.8) is 0 Å². The molecule has 0 saturated carbocycles. The lowest BCUT2D eigenvalue weighted by Crippen LogP contribution is -2.45. The van der Waals surface area contributed by atoms with Crippen molar-refractivity contribution in [1.29, 1.82) is 0 Å². The van der Waals surface area contributed by atoms with Gasteiger partial charge in [0.25, 0.3) is 0 Å². The summed E-state index contributed by atoms with van der Waals surface area (Å²) >= 11 is 0. The predicted molar refractivity (Wildman–Crippen MR) is 70.3 cm³/mol. The van der Waals surface area contributed by atoms with E-state index in [4.69, 9.17) is 0 Å². The van der Waals surface area contributed by atoms with Gasteiger partial charge in [-0.2, -0.15) is 0 Å². The lowest BCUT2D eigenvalue weighted by molar-refractivity contribution is 0.0730. The molecule has 1 atom stereocenters. The summed E-state index contributed by atoms with van der Waals surface area (Å²) in [5, 5.41) is 3.38. The van der Waals surface area contributed by atoms with E-state index in [9.17, 15) is 4.79 Å². The first-order valence-corrected chi connectivity index (χ1v) is 6.51. The van der Waals surface area contributed by atoms with Gasteiger partial charge in [-0.25, -0.2) is 0 Å². The number of piperidine rings is 1. The first kappa shape index (κ1) is 12.3. The quantitative estimate of drug-likeness (QED) is 0.810. The lowest BCUT2D eigenvalue weighted by Gasteiger charge is -2.35. The predicted octanol–water partition coefficient (Wildman–Crippen LogP) is 2.96. The second-order valence-electron chi connectivity index (χ2n) is 5.06. The van der Waals surface area contributed by atoms with E-state index in [1.807, 2.05) is 31.2 Å². The van der Waals surface area contributed by atoms with Gasteiger partial charge in [-0.15, -0.1) is 0 Å². The van der Waals surface area contributed by atoms with E-state index in [1.165, 1.54) is 0 Å². The van der Waals surface area contributed by atoms with Crippen molar-refractivity contribution in [2.45, 2.75) is 33.1 Å². The molecule has 1 N–H and O–H groups in total. The van der Waals surface area contributed by atoms with Gasteiger partial charge in [-0.05, 0) is 38.3 Å². The van der Waals surface area contributed by atoms with Crippen LogP contribution in [0.4, 0.5) is 0 Å². The van der Waals surface area contributed by atoms with Crippen LogP contribution in [0.1, 0.15) is 42.1 Å². The molecule has 0 radical (unpaired) electrons. The molecule has 1 aromatic carbocycles. The summed E-state index contributed by atoms with van der Waals surface area (Å²) in [4.78, 5) is 12.7. The van der Waals surface area contributed by atoms with E-state index in [0.29, 0.717) is 5.78 Å². The minimum Gasteiger partial charge on any atom is -0.316 e. The van der Waals surface area contributed by atoms with Crippen molar-refractivity contribution in [2.24, 2.45) is 5.41 Å². The van der Waals surface area contributed by atoms with Crippen molar-refractivity contribution in [3.8, 4) is 0 Å². The van der Waals surface area contributed by atoms with Gasteiger partial charge in [0.2, 0.25) is 0 Å². The zero-order valence-electron chi connectivity index (χ0n) is 10.8. The summed E-state index contributed by atoms with van der Waals surface area (Å²) in [6, 6.07) is 7.93. The van der Waals surface area contributed by atoms with Gasteiger partial charge in [-0.3, -0.25) is 4.79 Å². The van der Waals surface area contributed by atoms with Crippen molar-refractivity contribution in [1.82, 2.24) is 5.32 Å². The standard InChI is InChI=1S/C15H21NO/c1-3-15(9-6-10-16-11-15)14(17)13-8-5-4-7-12(13)2/h4-5,7-8,16H,3,6,9-11H2,1-2H3. The highest BCUT2D eigenvalue weighted by Gasteiger charge is 2.38. The Balaban J connectivity index is 2.32. The van der Waals surface area contributed by atoms with Crippen LogP contribution in [0.25, 0.3) is 0 Å². The van der Waals surface area contributed by atoms with E-state index < -0.39 is 0 Å². The minimum absolute atomic E-state index is 0.176. The van der Waals surface area contributed by atoms with Gasteiger partial charge in [-0.1, -0.05) is 31.2 Å². The molecule has 17 heavy (non-hydrogen) atoms. The first-order valence-electron chi connectivity index (χ1n) is 6.51. The van der Waals surface area contributed by atoms with E-state index in [-0.39, 0.29) is 5.41 Å². The molecule has 1 saturated heterocycles. The Kier molecular flexibility index (Phi) is 3.63. The zero-order valence-corrected chi connectivity index (χ0v) is 10.8. The monoisotopic (exact) mass is 231 g/mol. The van der Waals surface area contributed by atoms with Crippen molar-refractivity contribution < 1.29 is 4.79 Å². The fourth-order valence-electron chi connectivity index (χ4n) is 2.74. The summed E-state index contributed by atoms with van der Waals surface area (Å²) in [6.07, 6.45) is 3.04. The summed E-state index contributed by atoms with van der Waals surface area (Å²) < 4.78 is 0. The Morgan fingerprint density at radius 2 is 2.18 bits per heavy atom. The highest BCUT2D eigenvalue weighted by molar-refractivity contribution is 6.01. The fourth-order valence-corrected chi connectivity index (χ4v) is 2.74. The summed E-state index contributed by atoms with van der Waals surface area (Å²) in [6.45, 7) is 6.02. The Morgan fingerprint density at radius 3 is 2.76 bits per heavy atom. The smallest absolute Gasteiger partial charge is 0.170 e. The molecule has 1 unspecified atom stereocenters. The maximum Gasteiger partial charge on any atom is 0.170 e. The minimum atomic E-state index is -0.176. The number of rotatable bonds is 3. The number of carbonyl (C=O) groups is 1. The highest BCUT2D eigenvalue weighted by atomic mass is 16.1. The van der Waals surface area contributed by atoms with Crippen molar-refractivity contribution in [3.05, 3.63) is 35.4 Å². The molecule has 2 rings (SSSR count). The number of hydrogen-bond acceptors (Lipinski definition) is 2. The molecule has 2 nitrogen and oxygen atoms in total. The van der Waals surface area contributed by atoms with E-state index in [0.717, 1.165) is 43.5 Å². The van der Waals surface area contributed by atoms with Crippen LogP contribution in [-0.4, -0.2) is 18.9 Å². The average molecular weight is 231 g/mol. The van der Waals surface area contributed by atoms with E-state index in [1.54, 1.807) is 0 Å². The van der Waals surface area contributed by atoms with Gasteiger partial charge in [0.05, 0.1) is 0 Å². The van der Waals surface area contributed by atoms with Gasteiger partial charge < -0.3 is 5.32 Å². The fraction of sp³-hybridized carbons (Fsp3) is 0.533. The van der Waals surface area contributed by atoms with Gasteiger partial charge >= 0.3 is 0 Å². The molecular weight excluding hydrogens is 210 g/mol. The second-order valence-corrected chi connectivity index (χ2v) is 5.06. The highest BCUT2D eigenvalue weighted by Crippen LogP contribution is 2.34. The number of carbonyl (C=O) groups excluding carboxylic acids is 1. The Bertz CT molecular complexity index is 405. The lowest BCUT2D eigenvalue weighted by atomic mass is 9.72. The number of aryl methyl sites for hydroxylation is 1. The van der Waals surface area contributed by atoms with Crippen LogP contribution < -0.4 is 5.32 Å². The van der Waals surface area contributed by atoms with Crippen molar-refractivity contribution >= 4 is 5.78 Å². The maximum atomic E-state index is 12.7. The van der Waals surface area contributed by atoms with Gasteiger partial charge in [0, 0.05) is 17.5 Å². The van der Waals surface area contributed by atoms with Gasteiger partial charge in [0.1, 0.15) is 0 Å². The normalized spacial score (nSPS) is 24.6. The van der Waals surface area contributed by atoms with Crippen LogP contribution in [0.3, 0.4) is 0 Å². The number of benzene rings is 1. The summed E-state index contributed by atoms with van der Waals surface area (Å²) in [7, 11) is 0. The van der Waals surface area contributed by atoms with Crippen molar-refractivity contribution in [2.75, 3.05) is 13.1 Å². The van der Waals surface area contributed by atoms with Gasteiger partial charge in [0.15, 0.2) is 5.78 Å². The van der Waals surface area contributed by atoms with E-state index >= 15 is 0 Å².